The number of rotatable bonds is 2. The fraction of sp³-hybridized carbons (Fsp3) is 0.182. The van der Waals surface area contributed by atoms with Crippen LogP contribution in [0.2, 0.25) is 0 Å². The average Bonchev–Trinajstić information content (AvgIpc) is 3.10. The molecule has 1 aliphatic heterocycles. The molecule has 0 bridgehead atoms. The first-order valence-corrected chi connectivity index (χ1v) is 9.13. The standard InChI is InChI=1S/C22H18N2O4/c1-27-13-6-7-15-16(11-21(25)28-20(15)10-13)22(26)24-9-8-19-17(12-24)14-4-2-3-5-18(14)23-19/h2-7,10-11,23H,8-9,12H2,1H3. The van der Waals surface area contributed by atoms with Gasteiger partial charge in [0.2, 0.25) is 0 Å². The third-order valence-electron chi connectivity index (χ3n) is 5.35. The van der Waals surface area contributed by atoms with Gasteiger partial charge in [-0.15, -0.1) is 0 Å². The summed E-state index contributed by atoms with van der Waals surface area (Å²) in [6.45, 7) is 1.10. The molecule has 3 heterocycles. The highest BCUT2D eigenvalue weighted by Crippen LogP contribution is 2.29. The number of nitrogens with zero attached hydrogens (tertiary/aromatic N) is 1. The molecule has 1 N–H and O–H groups in total. The molecule has 0 saturated heterocycles. The van der Waals surface area contributed by atoms with Crippen LogP contribution in [0, 0.1) is 0 Å². The van der Waals surface area contributed by atoms with Crippen molar-refractivity contribution in [2.75, 3.05) is 13.7 Å². The molecule has 0 fully saturated rings. The summed E-state index contributed by atoms with van der Waals surface area (Å²) in [6, 6.07) is 14.5. The van der Waals surface area contributed by atoms with Gasteiger partial charge >= 0.3 is 5.63 Å². The van der Waals surface area contributed by atoms with Crippen molar-refractivity contribution in [2.24, 2.45) is 0 Å². The maximum atomic E-state index is 13.3. The van der Waals surface area contributed by atoms with E-state index in [2.05, 4.69) is 11.1 Å². The van der Waals surface area contributed by atoms with E-state index in [1.165, 1.54) is 11.8 Å². The van der Waals surface area contributed by atoms with Gasteiger partial charge in [-0.1, -0.05) is 18.2 Å². The molecule has 0 aliphatic carbocycles. The highest BCUT2D eigenvalue weighted by Gasteiger charge is 2.26. The highest BCUT2D eigenvalue weighted by molar-refractivity contribution is 6.06. The van der Waals surface area contributed by atoms with E-state index in [1.807, 2.05) is 18.2 Å². The number of hydrogen-bond acceptors (Lipinski definition) is 4. The van der Waals surface area contributed by atoms with Gasteiger partial charge in [-0.2, -0.15) is 0 Å². The Morgan fingerprint density at radius 1 is 1.14 bits per heavy atom. The van der Waals surface area contributed by atoms with Gasteiger partial charge in [0.1, 0.15) is 11.3 Å². The van der Waals surface area contributed by atoms with Crippen molar-refractivity contribution in [1.82, 2.24) is 9.88 Å². The van der Waals surface area contributed by atoms with Crippen molar-refractivity contribution in [3.8, 4) is 5.75 Å². The van der Waals surface area contributed by atoms with Crippen molar-refractivity contribution >= 4 is 27.8 Å². The number of carbonyl (C=O) groups is 1. The van der Waals surface area contributed by atoms with Gasteiger partial charge in [0.05, 0.1) is 12.7 Å². The van der Waals surface area contributed by atoms with Gasteiger partial charge in [-0.05, 0) is 18.2 Å². The summed E-state index contributed by atoms with van der Waals surface area (Å²) in [5, 5.41) is 1.74. The summed E-state index contributed by atoms with van der Waals surface area (Å²) in [7, 11) is 1.54. The molecular weight excluding hydrogens is 356 g/mol. The normalized spacial score (nSPS) is 13.7. The Hall–Kier alpha value is -3.54. The van der Waals surface area contributed by atoms with Crippen LogP contribution in [0.15, 0.2) is 57.7 Å². The highest BCUT2D eigenvalue weighted by atomic mass is 16.5. The largest absolute Gasteiger partial charge is 0.497 e. The molecule has 0 saturated carbocycles. The van der Waals surface area contributed by atoms with E-state index in [4.69, 9.17) is 9.15 Å². The number of H-pyrrole nitrogens is 1. The molecule has 2 aromatic heterocycles. The molecule has 0 atom stereocenters. The van der Waals surface area contributed by atoms with Gasteiger partial charge < -0.3 is 19.0 Å². The molecule has 28 heavy (non-hydrogen) atoms. The summed E-state index contributed by atoms with van der Waals surface area (Å²) in [5.41, 5.74) is 3.56. The second-order valence-electron chi connectivity index (χ2n) is 6.95. The van der Waals surface area contributed by atoms with Crippen LogP contribution in [0.25, 0.3) is 21.9 Å². The Labute approximate surface area is 160 Å². The van der Waals surface area contributed by atoms with Crippen molar-refractivity contribution in [3.63, 3.8) is 0 Å². The third kappa shape index (κ3) is 2.57. The number of amides is 1. The maximum absolute atomic E-state index is 13.3. The van der Waals surface area contributed by atoms with Crippen LogP contribution >= 0.6 is 0 Å². The van der Waals surface area contributed by atoms with E-state index >= 15 is 0 Å². The van der Waals surface area contributed by atoms with Crippen LogP contribution in [0.1, 0.15) is 21.6 Å². The first-order chi connectivity index (χ1) is 13.6. The number of carbonyl (C=O) groups excluding carboxylic acids is 1. The Morgan fingerprint density at radius 3 is 2.86 bits per heavy atom. The fourth-order valence-electron chi connectivity index (χ4n) is 3.96. The molecule has 0 spiro atoms. The summed E-state index contributed by atoms with van der Waals surface area (Å²) in [5.74, 6) is 0.403. The number of ether oxygens (including phenoxy) is 1. The summed E-state index contributed by atoms with van der Waals surface area (Å²) >= 11 is 0. The maximum Gasteiger partial charge on any atom is 0.337 e. The zero-order valence-corrected chi connectivity index (χ0v) is 15.3. The van der Waals surface area contributed by atoms with Gasteiger partial charge in [0, 0.05) is 59.2 Å². The summed E-state index contributed by atoms with van der Waals surface area (Å²) in [6.07, 6.45) is 0.753. The zero-order chi connectivity index (χ0) is 19.3. The Balaban J connectivity index is 1.56. The van der Waals surface area contributed by atoms with Crippen molar-refractivity contribution in [2.45, 2.75) is 13.0 Å². The summed E-state index contributed by atoms with van der Waals surface area (Å²) in [4.78, 5) is 30.6. The first-order valence-electron chi connectivity index (χ1n) is 9.13. The van der Waals surface area contributed by atoms with Crippen LogP contribution in [0.5, 0.6) is 5.75 Å². The van der Waals surface area contributed by atoms with Crippen molar-refractivity contribution in [1.29, 1.82) is 0 Å². The third-order valence-corrected chi connectivity index (χ3v) is 5.35. The van der Waals surface area contributed by atoms with E-state index in [0.717, 1.165) is 22.9 Å². The lowest BCUT2D eigenvalue weighted by Gasteiger charge is -2.27. The van der Waals surface area contributed by atoms with Crippen LogP contribution in [-0.4, -0.2) is 29.4 Å². The molecule has 5 rings (SSSR count). The van der Waals surface area contributed by atoms with Gasteiger partial charge in [-0.3, -0.25) is 4.79 Å². The number of aromatic amines is 1. The SMILES string of the molecule is COc1ccc2c(C(=O)N3CCc4[nH]c5ccccc5c4C3)cc(=O)oc2c1. The lowest BCUT2D eigenvalue weighted by atomic mass is 10.0. The van der Waals surface area contributed by atoms with Crippen molar-refractivity contribution in [3.05, 3.63) is 75.8 Å². The Bertz CT molecular complexity index is 1280. The fourth-order valence-corrected chi connectivity index (χ4v) is 3.96. The number of aromatic nitrogens is 1. The topological polar surface area (TPSA) is 75.5 Å². The van der Waals surface area contributed by atoms with E-state index in [1.54, 1.807) is 30.2 Å². The average molecular weight is 374 g/mol. The number of fused-ring (bicyclic) bond motifs is 4. The van der Waals surface area contributed by atoms with E-state index in [9.17, 15) is 9.59 Å². The predicted molar refractivity (Wildman–Crippen MR) is 106 cm³/mol. The molecule has 1 aliphatic rings. The second-order valence-corrected chi connectivity index (χ2v) is 6.95. The minimum absolute atomic E-state index is 0.168. The Kier molecular flexibility index (Phi) is 3.72. The molecule has 4 aromatic rings. The van der Waals surface area contributed by atoms with Crippen molar-refractivity contribution < 1.29 is 13.9 Å². The van der Waals surface area contributed by atoms with Gasteiger partial charge in [0.15, 0.2) is 0 Å². The first kappa shape index (κ1) is 16.6. The molecule has 1 amide bonds. The Morgan fingerprint density at radius 2 is 2.00 bits per heavy atom. The second kappa shape index (κ2) is 6.27. The number of para-hydroxylation sites is 1. The molecule has 0 unspecified atom stereocenters. The predicted octanol–water partition coefficient (Wildman–Crippen LogP) is 3.48. The molecule has 6 nitrogen and oxygen atoms in total. The molecule has 6 heteroatoms. The lowest BCUT2D eigenvalue weighted by Crippen LogP contribution is -2.36. The van der Waals surface area contributed by atoms with Crippen LogP contribution in [0.3, 0.4) is 0 Å². The monoisotopic (exact) mass is 374 g/mol. The number of methoxy groups -OCH3 is 1. The van der Waals surface area contributed by atoms with Gasteiger partial charge in [0.25, 0.3) is 5.91 Å². The lowest BCUT2D eigenvalue weighted by molar-refractivity contribution is 0.0736. The van der Waals surface area contributed by atoms with Crippen LogP contribution in [-0.2, 0) is 13.0 Å². The molecular formula is C22H18N2O4. The van der Waals surface area contributed by atoms with E-state index in [-0.39, 0.29) is 5.91 Å². The molecule has 0 radical (unpaired) electrons. The van der Waals surface area contributed by atoms with Crippen LogP contribution in [0.4, 0.5) is 0 Å². The zero-order valence-electron chi connectivity index (χ0n) is 15.3. The smallest absolute Gasteiger partial charge is 0.337 e. The van der Waals surface area contributed by atoms with Gasteiger partial charge in [-0.25, -0.2) is 4.79 Å². The number of nitrogens with one attached hydrogen (secondary N) is 1. The minimum atomic E-state index is -0.547. The van der Waals surface area contributed by atoms with E-state index < -0.39 is 5.63 Å². The molecule has 140 valence electrons. The summed E-state index contributed by atoms with van der Waals surface area (Å²) < 4.78 is 10.5. The van der Waals surface area contributed by atoms with Crippen LogP contribution < -0.4 is 10.4 Å². The number of benzene rings is 2. The minimum Gasteiger partial charge on any atom is -0.497 e. The quantitative estimate of drug-likeness (QED) is 0.545. The van der Waals surface area contributed by atoms with E-state index in [0.29, 0.717) is 35.4 Å². The number of hydrogen-bond donors (Lipinski definition) is 1. The molecule has 2 aromatic carbocycles.